The SMILES string of the molecule is O=C(O)CCNC1CCN(c2ccc(Br)cc2)C1. The predicted octanol–water partition coefficient (Wildman–Crippen LogP) is 2.09. The molecule has 0 bridgehead atoms. The van der Waals surface area contributed by atoms with Gasteiger partial charge in [-0.05, 0) is 30.7 Å². The normalized spacial score (nSPS) is 19.2. The Morgan fingerprint density at radius 2 is 2.17 bits per heavy atom. The minimum absolute atomic E-state index is 0.189. The average Bonchev–Trinajstić information content (AvgIpc) is 2.78. The van der Waals surface area contributed by atoms with Crippen molar-refractivity contribution >= 4 is 27.6 Å². The van der Waals surface area contributed by atoms with Gasteiger partial charge in [-0.3, -0.25) is 4.79 Å². The van der Waals surface area contributed by atoms with Crippen molar-refractivity contribution in [3.05, 3.63) is 28.7 Å². The fraction of sp³-hybridized carbons (Fsp3) is 0.462. The van der Waals surface area contributed by atoms with Crippen LogP contribution in [0.2, 0.25) is 0 Å². The molecule has 0 aliphatic carbocycles. The first-order valence-electron chi connectivity index (χ1n) is 6.11. The summed E-state index contributed by atoms with van der Waals surface area (Å²) in [4.78, 5) is 12.8. The second-order valence-corrected chi connectivity index (χ2v) is 5.42. The molecule has 1 aromatic carbocycles. The van der Waals surface area contributed by atoms with E-state index in [1.807, 2.05) is 12.1 Å². The number of nitrogens with zero attached hydrogens (tertiary/aromatic N) is 1. The Balaban J connectivity index is 1.81. The molecule has 2 rings (SSSR count). The molecule has 0 amide bonds. The summed E-state index contributed by atoms with van der Waals surface area (Å²) in [7, 11) is 0. The summed E-state index contributed by atoms with van der Waals surface area (Å²) in [6, 6.07) is 8.68. The molecule has 1 fully saturated rings. The lowest BCUT2D eigenvalue weighted by atomic mass is 10.2. The maximum absolute atomic E-state index is 10.4. The van der Waals surface area contributed by atoms with Gasteiger partial charge >= 0.3 is 5.97 Å². The van der Waals surface area contributed by atoms with E-state index in [2.05, 4.69) is 38.3 Å². The van der Waals surface area contributed by atoms with Gasteiger partial charge in [0, 0.05) is 35.8 Å². The highest BCUT2D eigenvalue weighted by molar-refractivity contribution is 9.10. The van der Waals surface area contributed by atoms with Crippen LogP contribution in [0.5, 0.6) is 0 Å². The minimum atomic E-state index is -0.745. The Hall–Kier alpha value is -1.07. The smallest absolute Gasteiger partial charge is 0.304 e. The fourth-order valence-electron chi connectivity index (χ4n) is 2.20. The van der Waals surface area contributed by atoms with Crippen LogP contribution in [0.3, 0.4) is 0 Å². The Morgan fingerprint density at radius 1 is 1.44 bits per heavy atom. The molecule has 98 valence electrons. The minimum Gasteiger partial charge on any atom is -0.481 e. The number of nitrogens with one attached hydrogen (secondary N) is 1. The third-order valence-electron chi connectivity index (χ3n) is 3.15. The number of carboxylic acid groups (broad SMARTS) is 1. The molecule has 1 saturated heterocycles. The van der Waals surface area contributed by atoms with E-state index in [-0.39, 0.29) is 6.42 Å². The molecule has 1 atom stereocenters. The summed E-state index contributed by atoms with van der Waals surface area (Å²) < 4.78 is 1.08. The van der Waals surface area contributed by atoms with E-state index in [0.29, 0.717) is 12.6 Å². The number of halogens is 1. The van der Waals surface area contributed by atoms with Gasteiger partial charge in [0.1, 0.15) is 0 Å². The van der Waals surface area contributed by atoms with E-state index in [0.717, 1.165) is 24.0 Å². The second-order valence-electron chi connectivity index (χ2n) is 4.51. The lowest BCUT2D eigenvalue weighted by Crippen LogP contribution is -2.33. The predicted molar refractivity (Wildman–Crippen MR) is 75.0 cm³/mol. The summed E-state index contributed by atoms with van der Waals surface area (Å²) in [5.74, 6) is -0.745. The maximum atomic E-state index is 10.4. The van der Waals surface area contributed by atoms with Crippen molar-refractivity contribution in [1.82, 2.24) is 5.32 Å². The number of rotatable bonds is 5. The highest BCUT2D eigenvalue weighted by atomic mass is 79.9. The molecule has 18 heavy (non-hydrogen) atoms. The van der Waals surface area contributed by atoms with Gasteiger partial charge in [-0.25, -0.2) is 0 Å². The standard InChI is InChI=1S/C13H17BrN2O2/c14-10-1-3-12(4-2-10)16-8-6-11(9-16)15-7-5-13(17)18/h1-4,11,15H,5-9H2,(H,17,18). The van der Waals surface area contributed by atoms with Crippen LogP contribution in [0, 0.1) is 0 Å². The van der Waals surface area contributed by atoms with Crippen molar-refractivity contribution in [2.45, 2.75) is 18.9 Å². The number of hydrogen-bond donors (Lipinski definition) is 2. The third kappa shape index (κ3) is 3.71. The van der Waals surface area contributed by atoms with Gasteiger partial charge in [-0.2, -0.15) is 0 Å². The molecule has 1 aliphatic rings. The average molecular weight is 313 g/mol. The van der Waals surface area contributed by atoms with Crippen LogP contribution in [-0.2, 0) is 4.79 Å². The largest absolute Gasteiger partial charge is 0.481 e. The summed E-state index contributed by atoms with van der Waals surface area (Å²) in [6.07, 6.45) is 1.25. The number of hydrogen-bond acceptors (Lipinski definition) is 3. The Kier molecular flexibility index (Phi) is 4.60. The maximum Gasteiger partial charge on any atom is 0.304 e. The molecule has 0 spiro atoms. The molecule has 4 nitrogen and oxygen atoms in total. The van der Waals surface area contributed by atoms with Crippen molar-refractivity contribution in [2.24, 2.45) is 0 Å². The molecule has 0 radical (unpaired) electrons. The number of carbonyl (C=O) groups is 1. The van der Waals surface area contributed by atoms with E-state index >= 15 is 0 Å². The molecule has 1 unspecified atom stereocenters. The van der Waals surface area contributed by atoms with Gasteiger partial charge in [0.05, 0.1) is 6.42 Å². The van der Waals surface area contributed by atoms with Crippen molar-refractivity contribution in [3.8, 4) is 0 Å². The molecule has 0 saturated carbocycles. The lowest BCUT2D eigenvalue weighted by molar-refractivity contribution is -0.136. The summed E-state index contributed by atoms with van der Waals surface area (Å²) in [6.45, 7) is 2.52. The van der Waals surface area contributed by atoms with Crippen molar-refractivity contribution in [1.29, 1.82) is 0 Å². The van der Waals surface area contributed by atoms with Gasteiger partial charge in [0.25, 0.3) is 0 Å². The number of aliphatic carboxylic acids is 1. The van der Waals surface area contributed by atoms with Crippen LogP contribution in [0.4, 0.5) is 5.69 Å². The zero-order valence-electron chi connectivity index (χ0n) is 10.1. The quantitative estimate of drug-likeness (QED) is 0.874. The molecule has 2 N–H and O–H groups in total. The van der Waals surface area contributed by atoms with E-state index in [1.165, 1.54) is 5.69 Å². The molecule has 1 aromatic rings. The second kappa shape index (κ2) is 6.20. The Labute approximate surface area is 115 Å². The monoisotopic (exact) mass is 312 g/mol. The lowest BCUT2D eigenvalue weighted by Gasteiger charge is -2.19. The molecular weight excluding hydrogens is 296 g/mol. The van der Waals surface area contributed by atoms with Crippen LogP contribution >= 0.6 is 15.9 Å². The Bertz CT molecular complexity index is 408. The van der Waals surface area contributed by atoms with Crippen molar-refractivity contribution in [3.63, 3.8) is 0 Å². The number of anilines is 1. The van der Waals surface area contributed by atoms with Gasteiger partial charge in [-0.1, -0.05) is 15.9 Å². The van der Waals surface area contributed by atoms with Gasteiger partial charge < -0.3 is 15.3 Å². The molecule has 0 aromatic heterocycles. The van der Waals surface area contributed by atoms with Crippen LogP contribution in [0.1, 0.15) is 12.8 Å². The van der Waals surface area contributed by atoms with Crippen LogP contribution in [0.25, 0.3) is 0 Å². The third-order valence-corrected chi connectivity index (χ3v) is 3.68. The van der Waals surface area contributed by atoms with Crippen LogP contribution in [-0.4, -0.2) is 36.8 Å². The molecule has 5 heteroatoms. The van der Waals surface area contributed by atoms with E-state index in [1.54, 1.807) is 0 Å². The number of carboxylic acids is 1. The highest BCUT2D eigenvalue weighted by Gasteiger charge is 2.22. The van der Waals surface area contributed by atoms with Gasteiger partial charge in [0.2, 0.25) is 0 Å². The zero-order chi connectivity index (χ0) is 13.0. The van der Waals surface area contributed by atoms with Crippen LogP contribution in [0.15, 0.2) is 28.7 Å². The van der Waals surface area contributed by atoms with E-state index < -0.39 is 5.97 Å². The summed E-state index contributed by atoms with van der Waals surface area (Å²) in [5, 5.41) is 11.9. The first kappa shape index (κ1) is 13.4. The summed E-state index contributed by atoms with van der Waals surface area (Å²) >= 11 is 3.43. The van der Waals surface area contributed by atoms with Crippen molar-refractivity contribution < 1.29 is 9.90 Å². The Morgan fingerprint density at radius 3 is 2.83 bits per heavy atom. The fourth-order valence-corrected chi connectivity index (χ4v) is 2.46. The molecule has 1 aliphatic heterocycles. The first-order chi connectivity index (χ1) is 8.65. The van der Waals surface area contributed by atoms with E-state index in [9.17, 15) is 4.79 Å². The first-order valence-corrected chi connectivity index (χ1v) is 6.90. The molecular formula is C13H17BrN2O2. The van der Waals surface area contributed by atoms with Gasteiger partial charge in [-0.15, -0.1) is 0 Å². The topological polar surface area (TPSA) is 52.6 Å². The zero-order valence-corrected chi connectivity index (χ0v) is 11.7. The van der Waals surface area contributed by atoms with Crippen molar-refractivity contribution in [2.75, 3.05) is 24.5 Å². The van der Waals surface area contributed by atoms with Gasteiger partial charge in [0.15, 0.2) is 0 Å². The number of benzene rings is 1. The van der Waals surface area contributed by atoms with Crippen LogP contribution < -0.4 is 10.2 Å². The highest BCUT2D eigenvalue weighted by Crippen LogP contribution is 2.22. The van der Waals surface area contributed by atoms with E-state index in [4.69, 9.17) is 5.11 Å². The summed E-state index contributed by atoms with van der Waals surface area (Å²) in [5.41, 5.74) is 1.22. The molecule has 1 heterocycles.